The second-order valence-electron chi connectivity index (χ2n) is 4.24. The van der Waals surface area contributed by atoms with Gasteiger partial charge in [0.2, 0.25) is 0 Å². The fourth-order valence-corrected chi connectivity index (χ4v) is 1.65. The summed E-state index contributed by atoms with van der Waals surface area (Å²) in [6.07, 6.45) is 0. The first-order chi connectivity index (χ1) is 7.47. The van der Waals surface area contributed by atoms with Crippen molar-refractivity contribution < 1.29 is 19.7 Å². The summed E-state index contributed by atoms with van der Waals surface area (Å²) in [6.45, 7) is 3.55. The maximum Gasteiger partial charge on any atom is 0.168 e. The monoisotopic (exact) mass is 226 g/mol. The summed E-state index contributed by atoms with van der Waals surface area (Å²) in [6, 6.07) is 3.17. The Bertz CT molecular complexity index is 372. The van der Waals surface area contributed by atoms with E-state index in [0.29, 0.717) is 17.1 Å². The number of hydrogen-bond donors (Lipinski definition) is 2. The van der Waals surface area contributed by atoms with Gasteiger partial charge in [-0.2, -0.15) is 0 Å². The number of rotatable bonds is 4. The first-order valence-electron chi connectivity index (χ1n) is 5.03. The molecule has 1 aromatic carbocycles. The Balaban J connectivity index is 3.46. The van der Waals surface area contributed by atoms with Crippen LogP contribution in [0.2, 0.25) is 0 Å². The van der Waals surface area contributed by atoms with Crippen molar-refractivity contribution in [1.82, 2.24) is 0 Å². The normalized spacial score (nSPS) is 11.3. The molecule has 90 valence electrons. The summed E-state index contributed by atoms with van der Waals surface area (Å²) in [4.78, 5) is 0. The van der Waals surface area contributed by atoms with Crippen LogP contribution in [-0.2, 0) is 5.41 Å². The van der Waals surface area contributed by atoms with Gasteiger partial charge in [-0.1, -0.05) is 13.8 Å². The number of methoxy groups -OCH3 is 2. The molecule has 0 spiro atoms. The van der Waals surface area contributed by atoms with Crippen LogP contribution in [0.5, 0.6) is 17.2 Å². The summed E-state index contributed by atoms with van der Waals surface area (Å²) in [5.41, 5.74) is -0.0406. The molecule has 0 radical (unpaired) electrons. The van der Waals surface area contributed by atoms with Crippen molar-refractivity contribution in [2.45, 2.75) is 19.3 Å². The molecule has 4 nitrogen and oxygen atoms in total. The van der Waals surface area contributed by atoms with Gasteiger partial charge < -0.3 is 19.7 Å². The Morgan fingerprint density at radius 2 is 1.81 bits per heavy atom. The molecule has 0 atom stereocenters. The molecule has 0 amide bonds. The molecule has 0 unspecified atom stereocenters. The molecule has 0 aliphatic heterocycles. The number of phenols is 1. The SMILES string of the molecule is COc1ccc(O)c(C(C)(C)CO)c1OC. The second-order valence-corrected chi connectivity index (χ2v) is 4.24. The minimum atomic E-state index is -0.593. The quantitative estimate of drug-likeness (QED) is 0.820. The molecule has 0 saturated carbocycles. The molecule has 16 heavy (non-hydrogen) atoms. The highest BCUT2D eigenvalue weighted by atomic mass is 16.5. The Kier molecular flexibility index (Phi) is 3.65. The molecule has 0 aliphatic carbocycles. The third kappa shape index (κ3) is 2.07. The molecule has 2 N–H and O–H groups in total. The van der Waals surface area contributed by atoms with Gasteiger partial charge in [0, 0.05) is 11.0 Å². The predicted octanol–water partition coefficient (Wildman–Crippen LogP) is 1.68. The number of benzene rings is 1. The largest absolute Gasteiger partial charge is 0.508 e. The Morgan fingerprint density at radius 3 is 2.25 bits per heavy atom. The Labute approximate surface area is 95.4 Å². The maximum atomic E-state index is 9.86. The van der Waals surface area contributed by atoms with Gasteiger partial charge in [-0.3, -0.25) is 0 Å². The van der Waals surface area contributed by atoms with Crippen LogP contribution in [0, 0.1) is 0 Å². The van der Waals surface area contributed by atoms with Gasteiger partial charge in [-0.05, 0) is 12.1 Å². The average Bonchev–Trinajstić information content (AvgIpc) is 2.28. The van der Waals surface area contributed by atoms with E-state index in [9.17, 15) is 10.2 Å². The van der Waals surface area contributed by atoms with Crippen molar-refractivity contribution >= 4 is 0 Å². The van der Waals surface area contributed by atoms with Gasteiger partial charge in [-0.25, -0.2) is 0 Å². The summed E-state index contributed by atoms with van der Waals surface area (Å²) >= 11 is 0. The first kappa shape index (κ1) is 12.6. The van der Waals surface area contributed by atoms with E-state index in [-0.39, 0.29) is 12.4 Å². The second kappa shape index (κ2) is 4.61. The van der Waals surface area contributed by atoms with Gasteiger partial charge in [0.15, 0.2) is 11.5 Å². The zero-order valence-corrected chi connectivity index (χ0v) is 10.1. The molecule has 0 fully saturated rings. The molecule has 4 heteroatoms. The van der Waals surface area contributed by atoms with Crippen molar-refractivity contribution in [3.63, 3.8) is 0 Å². The van der Waals surface area contributed by atoms with Crippen LogP contribution in [-0.4, -0.2) is 31.0 Å². The summed E-state index contributed by atoms with van der Waals surface area (Å²) in [5.74, 6) is 1.09. The van der Waals surface area contributed by atoms with Crippen molar-refractivity contribution in [2.24, 2.45) is 0 Å². The predicted molar refractivity (Wildman–Crippen MR) is 61.3 cm³/mol. The number of ether oxygens (including phenoxy) is 2. The fourth-order valence-electron chi connectivity index (χ4n) is 1.65. The van der Waals surface area contributed by atoms with Crippen molar-refractivity contribution in [3.05, 3.63) is 17.7 Å². The van der Waals surface area contributed by atoms with E-state index in [0.717, 1.165) is 0 Å². The number of aliphatic hydroxyl groups excluding tert-OH is 1. The Hall–Kier alpha value is -1.42. The van der Waals surface area contributed by atoms with Crippen LogP contribution in [0.1, 0.15) is 19.4 Å². The molecule has 1 rings (SSSR count). The van der Waals surface area contributed by atoms with Gasteiger partial charge >= 0.3 is 0 Å². The molecule has 0 bridgehead atoms. The minimum Gasteiger partial charge on any atom is -0.508 e. The third-order valence-electron chi connectivity index (χ3n) is 2.60. The molecule has 0 heterocycles. The standard InChI is InChI=1S/C12H18O4/c1-12(2,7-13)10-8(14)5-6-9(15-3)11(10)16-4/h5-6,13-14H,7H2,1-4H3. The lowest BCUT2D eigenvalue weighted by Gasteiger charge is -2.26. The minimum absolute atomic E-state index is 0.0932. The zero-order valence-electron chi connectivity index (χ0n) is 10.1. The number of phenolic OH excluding ortho intramolecular Hbond substituents is 1. The number of aromatic hydroxyl groups is 1. The van der Waals surface area contributed by atoms with E-state index in [2.05, 4.69) is 0 Å². The van der Waals surface area contributed by atoms with Crippen molar-refractivity contribution in [3.8, 4) is 17.2 Å². The van der Waals surface area contributed by atoms with E-state index in [1.165, 1.54) is 20.3 Å². The highest BCUT2D eigenvalue weighted by Gasteiger charge is 2.29. The highest BCUT2D eigenvalue weighted by Crippen LogP contribution is 2.43. The molecular formula is C12H18O4. The van der Waals surface area contributed by atoms with E-state index >= 15 is 0 Å². The smallest absolute Gasteiger partial charge is 0.168 e. The van der Waals surface area contributed by atoms with Gasteiger partial charge in [0.1, 0.15) is 5.75 Å². The maximum absolute atomic E-state index is 9.86. The molecule has 1 aromatic rings. The lowest BCUT2D eigenvalue weighted by Crippen LogP contribution is -2.23. The average molecular weight is 226 g/mol. The van der Waals surface area contributed by atoms with E-state index in [1.54, 1.807) is 6.07 Å². The molecule has 0 aromatic heterocycles. The summed E-state index contributed by atoms with van der Waals surface area (Å²) in [7, 11) is 3.04. The van der Waals surface area contributed by atoms with Gasteiger partial charge in [0.25, 0.3) is 0 Å². The van der Waals surface area contributed by atoms with Crippen LogP contribution < -0.4 is 9.47 Å². The van der Waals surface area contributed by atoms with Crippen molar-refractivity contribution in [1.29, 1.82) is 0 Å². The van der Waals surface area contributed by atoms with Crippen LogP contribution in [0.25, 0.3) is 0 Å². The number of aliphatic hydroxyl groups is 1. The van der Waals surface area contributed by atoms with Gasteiger partial charge in [0.05, 0.1) is 20.8 Å². The van der Waals surface area contributed by atoms with E-state index in [1.807, 2.05) is 13.8 Å². The van der Waals surface area contributed by atoms with E-state index < -0.39 is 5.41 Å². The Morgan fingerprint density at radius 1 is 1.19 bits per heavy atom. The summed E-state index contributed by atoms with van der Waals surface area (Å²) in [5, 5.41) is 19.2. The first-order valence-corrected chi connectivity index (χ1v) is 5.03. The lowest BCUT2D eigenvalue weighted by molar-refractivity contribution is 0.210. The van der Waals surface area contributed by atoms with Gasteiger partial charge in [-0.15, -0.1) is 0 Å². The number of hydrogen-bond acceptors (Lipinski definition) is 4. The molecule has 0 aliphatic rings. The fraction of sp³-hybridized carbons (Fsp3) is 0.500. The van der Waals surface area contributed by atoms with Crippen LogP contribution >= 0.6 is 0 Å². The van der Waals surface area contributed by atoms with Crippen LogP contribution in [0.15, 0.2) is 12.1 Å². The van der Waals surface area contributed by atoms with Crippen LogP contribution in [0.4, 0.5) is 0 Å². The van der Waals surface area contributed by atoms with E-state index in [4.69, 9.17) is 9.47 Å². The lowest BCUT2D eigenvalue weighted by atomic mass is 9.84. The zero-order chi connectivity index (χ0) is 12.3. The molecular weight excluding hydrogens is 208 g/mol. The molecule has 0 saturated heterocycles. The highest BCUT2D eigenvalue weighted by molar-refractivity contribution is 5.56. The van der Waals surface area contributed by atoms with Crippen molar-refractivity contribution in [2.75, 3.05) is 20.8 Å². The third-order valence-corrected chi connectivity index (χ3v) is 2.60. The topological polar surface area (TPSA) is 58.9 Å². The van der Waals surface area contributed by atoms with Crippen LogP contribution in [0.3, 0.4) is 0 Å². The summed E-state index contributed by atoms with van der Waals surface area (Å²) < 4.78 is 10.4.